The second-order valence-corrected chi connectivity index (χ2v) is 4.93. The van der Waals surface area contributed by atoms with Crippen molar-refractivity contribution in [3.8, 4) is 5.75 Å². The molecule has 114 valence electrons. The van der Waals surface area contributed by atoms with E-state index in [2.05, 4.69) is 15.2 Å². The summed E-state index contributed by atoms with van der Waals surface area (Å²) < 4.78 is 30.7. The van der Waals surface area contributed by atoms with Crippen molar-refractivity contribution in [3.63, 3.8) is 0 Å². The van der Waals surface area contributed by atoms with E-state index in [1.165, 1.54) is 6.07 Å². The van der Waals surface area contributed by atoms with Crippen molar-refractivity contribution >= 4 is 0 Å². The van der Waals surface area contributed by atoms with E-state index in [1.807, 2.05) is 37.8 Å². The van der Waals surface area contributed by atoms with Gasteiger partial charge in [0.2, 0.25) is 0 Å². The van der Waals surface area contributed by atoms with Gasteiger partial charge in [0.05, 0.1) is 6.20 Å². The molecule has 2 rings (SSSR count). The molecule has 1 unspecified atom stereocenters. The van der Waals surface area contributed by atoms with Crippen LogP contribution in [0.25, 0.3) is 0 Å². The molecule has 2 aromatic rings. The summed E-state index contributed by atoms with van der Waals surface area (Å²) in [4.78, 5) is 0. The molecule has 1 aromatic heterocycles. The topological polar surface area (TPSA) is 39.1 Å². The Morgan fingerprint density at radius 1 is 1.38 bits per heavy atom. The summed E-state index contributed by atoms with van der Waals surface area (Å²) in [5.74, 6) is 0.175. The first kappa shape index (κ1) is 15.4. The monoisotopic (exact) mass is 295 g/mol. The minimum atomic E-state index is -2.80. The number of halogens is 2. The molecule has 1 N–H and O–H groups in total. The van der Waals surface area contributed by atoms with E-state index in [-0.39, 0.29) is 11.8 Å². The molecule has 0 fully saturated rings. The maximum absolute atomic E-state index is 12.2. The van der Waals surface area contributed by atoms with Gasteiger partial charge in [0.25, 0.3) is 0 Å². The van der Waals surface area contributed by atoms with Crippen LogP contribution in [0.15, 0.2) is 30.5 Å². The highest BCUT2D eigenvalue weighted by Crippen LogP contribution is 2.21. The maximum atomic E-state index is 12.2. The lowest BCUT2D eigenvalue weighted by atomic mass is 10.1. The lowest BCUT2D eigenvalue weighted by Crippen LogP contribution is -2.18. The fourth-order valence-electron chi connectivity index (χ4n) is 2.06. The molecule has 0 aliphatic rings. The smallest absolute Gasteiger partial charge is 0.387 e. The number of nitrogens with one attached hydrogen (secondary N) is 1. The minimum Gasteiger partial charge on any atom is -0.435 e. The number of hydrogen-bond donors (Lipinski definition) is 1. The third kappa shape index (κ3) is 4.01. The van der Waals surface area contributed by atoms with Gasteiger partial charge in [0, 0.05) is 30.9 Å². The van der Waals surface area contributed by atoms with Crippen LogP contribution in [-0.2, 0) is 13.6 Å². The zero-order valence-corrected chi connectivity index (χ0v) is 12.3. The maximum Gasteiger partial charge on any atom is 0.387 e. The molecule has 4 nitrogen and oxygen atoms in total. The van der Waals surface area contributed by atoms with Crippen molar-refractivity contribution in [2.24, 2.45) is 7.05 Å². The predicted octanol–water partition coefficient (Wildman–Crippen LogP) is 3.18. The summed E-state index contributed by atoms with van der Waals surface area (Å²) in [5, 5.41) is 7.54. The highest BCUT2D eigenvalue weighted by atomic mass is 19.3. The van der Waals surface area contributed by atoms with Gasteiger partial charge in [-0.1, -0.05) is 12.1 Å². The number of aryl methyl sites for hydroxylation is 1. The van der Waals surface area contributed by atoms with Gasteiger partial charge in [-0.25, -0.2) is 0 Å². The molecule has 0 aliphatic heterocycles. The number of alkyl halides is 2. The molecule has 0 amide bonds. The first-order valence-corrected chi connectivity index (χ1v) is 6.73. The van der Waals surface area contributed by atoms with Gasteiger partial charge >= 0.3 is 6.61 Å². The molecule has 0 radical (unpaired) electrons. The first-order valence-electron chi connectivity index (χ1n) is 6.73. The zero-order chi connectivity index (χ0) is 15.4. The molecule has 21 heavy (non-hydrogen) atoms. The summed E-state index contributed by atoms with van der Waals surface area (Å²) in [6.07, 6.45) is 1.82. The van der Waals surface area contributed by atoms with E-state index in [0.29, 0.717) is 6.54 Å². The SMILES string of the molecule is Cc1c(CNC(C)c2cccc(OC(F)F)c2)cnn1C. The highest BCUT2D eigenvalue weighted by Gasteiger charge is 2.10. The molecular weight excluding hydrogens is 276 g/mol. The molecule has 0 spiro atoms. The van der Waals surface area contributed by atoms with Gasteiger partial charge in [-0.15, -0.1) is 0 Å². The molecule has 6 heteroatoms. The third-order valence-corrected chi connectivity index (χ3v) is 3.52. The Labute approximate surface area is 122 Å². The molecule has 0 bridgehead atoms. The van der Waals surface area contributed by atoms with Gasteiger partial charge in [-0.2, -0.15) is 13.9 Å². The number of nitrogens with zero attached hydrogens (tertiary/aromatic N) is 2. The summed E-state index contributed by atoms with van der Waals surface area (Å²) in [5.41, 5.74) is 3.11. The normalized spacial score (nSPS) is 12.7. The van der Waals surface area contributed by atoms with Crippen LogP contribution in [0.4, 0.5) is 8.78 Å². The van der Waals surface area contributed by atoms with Gasteiger partial charge in [0.15, 0.2) is 0 Å². The third-order valence-electron chi connectivity index (χ3n) is 3.52. The van der Waals surface area contributed by atoms with Crippen LogP contribution in [0, 0.1) is 6.92 Å². The van der Waals surface area contributed by atoms with Crippen LogP contribution in [0.5, 0.6) is 5.75 Å². The Morgan fingerprint density at radius 3 is 2.76 bits per heavy atom. The van der Waals surface area contributed by atoms with Crippen molar-refractivity contribution in [3.05, 3.63) is 47.3 Å². The summed E-state index contributed by atoms with van der Waals surface area (Å²) in [6.45, 7) is 1.85. The zero-order valence-electron chi connectivity index (χ0n) is 12.3. The molecule has 1 aromatic carbocycles. The second kappa shape index (κ2) is 6.67. The summed E-state index contributed by atoms with van der Waals surface area (Å²) in [6, 6.07) is 6.76. The van der Waals surface area contributed by atoms with E-state index >= 15 is 0 Å². The largest absolute Gasteiger partial charge is 0.435 e. The Bertz CT molecular complexity index is 598. The Balaban J connectivity index is 2.00. The van der Waals surface area contributed by atoms with Crippen LogP contribution < -0.4 is 10.1 Å². The Kier molecular flexibility index (Phi) is 4.90. The molecule has 0 saturated heterocycles. The van der Waals surface area contributed by atoms with Crippen molar-refractivity contribution in [1.82, 2.24) is 15.1 Å². The quantitative estimate of drug-likeness (QED) is 0.889. The van der Waals surface area contributed by atoms with Crippen LogP contribution >= 0.6 is 0 Å². The molecule has 1 heterocycles. The van der Waals surface area contributed by atoms with Crippen molar-refractivity contribution in [2.75, 3.05) is 0 Å². The van der Waals surface area contributed by atoms with Crippen molar-refractivity contribution in [1.29, 1.82) is 0 Å². The van der Waals surface area contributed by atoms with Gasteiger partial charge in [0.1, 0.15) is 5.75 Å². The Morgan fingerprint density at radius 2 is 2.14 bits per heavy atom. The first-order chi connectivity index (χ1) is 9.97. The number of rotatable bonds is 6. The van der Waals surface area contributed by atoms with Gasteiger partial charge in [-0.3, -0.25) is 4.68 Å². The second-order valence-electron chi connectivity index (χ2n) is 4.93. The number of hydrogen-bond acceptors (Lipinski definition) is 3. The lowest BCUT2D eigenvalue weighted by Gasteiger charge is -2.15. The number of aromatic nitrogens is 2. The Hall–Kier alpha value is -1.95. The minimum absolute atomic E-state index is 0.0193. The highest BCUT2D eigenvalue weighted by molar-refractivity contribution is 5.30. The molecular formula is C15H19F2N3O. The van der Waals surface area contributed by atoms with Crippen molar-refractivity contribution < 1.29 is 13.5 Å². The van der Waals surface area contributed by atoms with Gasteiger partial charge in [-0.05, 0) is 31.5 Å². The van der Waals surface area contributed by atoms with E-state index in [0.717, 1.165) is 16.8 Å². The van der Waals surface area contributed by atoms with Crippen LogP contribution in [0.3, 0.4) is 0 Å². The van der Waals surface area contributed by atoms with E-state index in [4.69, 9.17) is 0 Å². The van der Waals surface area contributed by atoms with Crippen LogP contribution in [-0.4, -0.2) is 16.4 Å². The van der Waals surface area contributed by atoms with Gasteiger partial charge < -0.3 is 10.1 Å². The summed E-state index contributed by atoms with van der Waals surface area (Å²) >= 11 is 0. The predicted molar refractivity (Wildman–Crippen MR) is 76.3 cm³/mol. The standard InChI is InChI=1S/C15H19F2N3O/c1-10(18-8-13-9-19-20(3)11(13)2)12-5-4-6-14(7-12)21-15(16)17/h4-7,9-10,15,18H,8H2,1-3H3. The van der Waals surface area contributed by atoms with E-state index in [1.54, 1.807) is 12.1 Å². The average Bonchev–Trinajstić information content (AvgIpc) is 2.76. The number of benzene rings is 1. The van der Waals surface area contributed by atoms with E-state index in [9.17, 15) is 8.78 Å². The lowest BCUT2D eigenvalue weighted by molar-refractivity contribution is -0.0499. The molecule has 0 aliphatic carbocycles. The molecule has 0 saturated carbocycles. The number of ether oxygens (including phenoxy) is 1. The molecule has 1 atom stereocenters. The van der Waals surface area contributed by atoms with Crippen LogP contribution in [0.1, 0.15) is 29.8 Å². The van der Waals surface area contributed by atoms with E-state index < -0.39 is 6.61 Å². The fraction of sp³-hybridized carbons (Fsp3) is 0.400. The average molecular weight is 295 g/mol. The van der Waals surface area contributed by atoms with Crippen molar-refractivity contribution in [2.45, 2.75) is 33.0 Å². The fourth-order valence-corrected chi connectivity index (χ4v) is 2.06. The van der Waals surface area contributed by atoms with Crippen LogP contribution in [0.2, 0.25) is 0 Å². The summed E-state index contributed by atoms with van der Waals surface area (Å²) in [7, 11) is 1.90.